The number of hydrogen-bond donors (Lipinski definition) is 0. The van der Waals surface area contributed by atoms with Gasteiger partial charge in [0.05, 0.1) is 11.7 Å². The number of nitrogens with zero attached hydrogens (tertiary/aromatic N) is 4. The molecule has 23 heavy (non-hydrogen) atoms. The molecule has 0 aliphatic heterocycles. The standard InChI is InChI=1S/C15H11BrN4O2S/c16-12-3-1-2-10(8-12)9-23-15-17-18-19-20(15)13-6-4-11(5-7-13)14(21)22/h1-8H,9H2,(H,21,22)/p-1. The summed E-state index contributed by atoms with van der Waals surface area (Å²) in [7, 11) is 0. The Morgan fingerprint density at radius 3 is 2.70 bits per heavy atom. The van der Waals surface area contributed by atoms with Crippen LogP contribution in [0.2, 0.25) is 0 Å². The van der Waals surface area contributed by atoms with Gasteiger partial charge in [0.2, 0.25) is 5.16 Å². The van der Waals surface area contributed by atoms with E-state index >= 15 is 0 Å². The Balaban J connectivity index is 1.78. The number of halogens is 1. The molecule has 3 rings (SSSR count). The quantitative estimate of drug-likeness (QED) is 0.621. The molecular formula is C15H10BrN4O2S-. The Morgan fingerprint density at radius 1 is 1.22 bits per heavy atom. The maximum absolute atomic E-state index is 10.8. The van der Waals surface area contributed by atoms with Gasteiger partial charge in [0.15, 0.2) is 0 Å². The highest BCUT2D eigenvalue weighted by Crippen LogP contribution is 2.24. The molecule has 0 unspecified atom stereocenters. The van der Waals surface area contributed by atoms with Crippen LogP contribution in [0.25, 0.3) is 5.69 Å². The van der Waals surface area contributed by atoms with Crippen molar-refractivity contribution in [2.24, 2.45) is 0 Å². The number of tetrazole rings is 1. The third-order valence-corrected chi connectivity index (χ3v) is 4.53. The molecule has 0 radical (unpaired) electrons. The van der Waals surface area contributed by atoms with E-state index in [-0.39, 0.29) is 5.56 Å². The molecule has 2 aromatic carbocycles. The summed E-state index contributed by atoms with van der Waals surface area (Å²) in [5.74, 6) is -0.491. The fraction of sp³-hybridized carbons (Fsp3) is 0.0667. The SMILES string of the molecule is O=C([O-])c1ccc(-n2nnnc2SCc2cccc(Br)c2)cc1. The lowest BCUT2D eigenvalue weighted by Gasteiger charge is -2.06. The largest absolute Gasteiger partial charge is 0.545 e. The minimum atomic E-state index is -1.21. The number of hydrogen-bond acceptors (Lipinski definition) is 6. The van der Waals surface area contributed by atoms with Crippen molar-refractivity contribution in [1.29, 1.82) is 0 Å². The van der Waals surface area contributed by atoms with Gasteiger partial charge in [0.1, 0.15) is 0 Å². The molecule has 1 aromatic heterocycles. The number of carbonyl (C=O) groups is 1. The van der Waals surface area contributed by atoms with Gasteiger partial charge in [-0.3, -0.25) is 0 Å². The van der Waals surface area contributed by atoms with E-state index in [0.29, 0.717) is 10.8 Å². The van der Waals surface area contributed by atoms with Crippen LogP contribution in [0.1, 0.15) is 15.9 Å². The number of benzene rings is 2. The number of carboxylic acid groups (broad SMARTS) is 1. The van der Waals surface area contributed by atoms with Crippen LogP contribution in [0.5, 0.6) is 0 Å². The van der Waals surface area contributed by atoms with Crippen LogP contribution in [-0.2, 0) is 5.75 Å². The average Bonchev–Trinajstić information content (AvgIpc) is 3.01. The zero-order chi connectivity index (χ0) is 16.2. The van der Waals surface area contributed by atoms with Gasteiger partial charge >= 0.3 is 0 Å². The number of thioether (sulfide) groups is 1. The van der Waals surface area contributed by atoms with Gasteiger partial charge in [-0.05, 0) is 45.8 Å². The van der Waals surface area contributed by atoms with Gasteiger partial charge < -0.3 is 9.90 Å². The van der Waals surface area contributed by atoms with Crippen molar-refractivity contribution in [2.45, 2.75) is 10.9 Å². The monoisotopic (exact) mass is 389 g/mol. The van der Waals surface area contributed by atoms with Crippen LogP contribution in [-0.4, -0.2) is 26.2 Å². The molecule has 0 amide bonds. The van der Waals surface area contributed by atoms with E-state index in [9.17, 15) is 9.90 Å². The lowest BCUT2D eigenvalue weighted by Crippen LogP contribution is -2.22. The van der Waals surface area contributed by atoms with E-state index in [0.717, 1.165) is 15.8 Å². The first kappa shape index (κ1) is 15.7. The Bertz CT molecular complexity index is 836. The molecule has 0 aliphatic carbocycles. The van der Waals surface area contributed by atoms with E-state index in [1.54, 1.807) is 16.8 Å². The molecule has 0 N–H and O–H groups in total. The van der Waals surface area contributed by atoms with E-state index < -0.39 is 5.97 Å². The predicted molar refractivity (Wildman–Crippen MR) is 87.2 cm³/mol. The Morgan fingerprint density at radius 2 is 2.00 bits per heavy atom. The highest BCUT2D eigenvalue weighted by atomic mass is 79.9. The van der Waals surface area contributed by atoms with Gasteiger partial charge in [0.25, 0.3) is 0 Å². The van der Waals surface area contributed by atoms with Crippen LogP contribution in [0.3, 0.4) is 0 Å². The summed E-state index contributed by atoms with van der Waals surface area (Å²) in [5, 5.41) is 23.1. The molecule has 1 heterocycles. The van der Waals surface area contributed by atoms with E-state index in [2.05, 4.69) is 31.5 Å². The maximum Gasteiger partial charge on any atom is 0.214 e. The Labute approximate surface area is 144 Å². The topological polar surface area (TPSA) is 83.7 Å². The first-order valence-corrected chi connectivity index (χ1v) is 8.39. The van der Waals surface area contributed by atoms with Crippen LogP contribution in [0.15, 0.2) is 58.2 Å². The third kappa shape index (κ3) is 3.77. The van der Waals surface area contributed by atoms with Crippen LogP contribution < -0.4 is 5.11 Å². The van der Waals surface area contributed by atoms with E-state index in [1.165, 1.54) is 23.9 Å². The van der Waals surface area contributed by atoms with Crippen molar-refractivity contribution in [3.8, 4) is 5.69 Å². The zero-order valence-electron chi connectivity index (χ0n) is 11.7. The van der Waals surface area contributed by atoms with Crippen molar-refractivity contribution in [1.82, 2.24) is 20.2 Å². The summed E-state index contributed by atoms with van der Waals surface area (Å²) in [5.41, 5.74) is 1.95. The highest BCUT2D eigenvalue weighted by Gasteiger charge is 2.09. The fourth-order valence-corrected chi connectivity index (χ4v) is 3.22. The summed E-state index contributed by atoms with van der Waals surface area (Å²) >= 11 is 4.94. The lowest BCUT2D eigenvalue weighted by atomic mass is 10.2. The van der Waals surface area contributed by atoms with Gasteiger partial charge in [0, 0.05) is 10.2 Å². The maximum atomic E-state index is 10.8. The van der Waals surface area contributed by atoms with Gasteiger partial charge in [-0.25, -0.2) is 0 Å². The second-order valence-electron chi connectivity index (χ2n) is 4.63. The van der Waals surface area contributed by atoms with E-state index in [1.807, 2.05) is 24.3 Å². The number of aromatic nitrogens is 4. The number of aromatic carboxylic acids is 1. The normalized spacial score (nSPS) is 10.7. The van der Waals surface area contributed by atoms with Gasteiger partial charge in [-0.15, -0.1) is 5.10 Å². The molecule has 0 bridgehead atoms. The molecule has 0 fully saturated rings. The number of rotatable bonds is 5. The average molecular weight is 390 g/mol. The molecule has 0 aliphatic rings. The zero-order valence-corrected chi connectivity index (χ0v) is 14.1. The lowest BCUT2D eigenvalue weighted by molar-refractivity contribution is -0.255. The van der Waals surface area contributed by atoms with Gasteiger partial charge in [-0.1, -0.05) is 52.0 Å². The van der Waals surface area contributed by atoms with Crippen molar-refractivity contribution >= 4 is 33.7 Å². The third-order valence-electron chi connectivity index (χ3n) is 3.05. The summed E-state index contributed by atoms with van der Waals surface area (Å²) < 4.78 is 2.59. The molecule has 0 spiro atoms. The Hall–Kier alpha value is -2.19. The minimum absolute atomic E-state index is 0.116. The molecule has 3 aromatic rings. The summed E-state index contributed by atoms with van der Waals surface area (Å²) in [4.78, 5) is 10.8. The van der Waals surface area contributed by atoms with E-state index in [4.69, 9.17) is 0 Å². The van der Waals surface area contributed by atoms with Crippen molar-refractivity contribution in [3.63, 3.8) is 0 Å². The molecular weight excluding hydrogens is 380 g/mol. The second-order valence-corrected chi connectivity index (χ2v) is 6.48. The Kier molecular flexibility index (Phi) is 4.73. The number of carboxylic acids is 1. The number of carbonyl (C=O) groups excluding carboxylic acids is 1. The second kappa shape index (κ2) is 6.93. The first-order chi connectivity index (χ1) is 11.1. The first-order valence-electron chi connectivity index (χ1n) is 6.61. The summed E-state index contributed by atoms with van der Waals surface area (Å²) in [6, 6.07) is 14.2. The molecule has 6 nitrogen and oxygen atoms in total. The molecule has 8 heteroatoms. The molecule has 0 atom stereocenters. The summed E-state index contributed by atoms with van der Waals surface area (Å²) in [6.45, 7) is 0. The van der Waals surface area contributed by atoms with Crippen LogP contribution in [0, 0.1) is 0 Å². The minimum Gasteiger partial charge on any atom is -0.545 e. The van der Waals surface area contributed by atoms with Crippen LogP contribution in [0.4, 0.5) is 0 Å². The van der Waals surface area contributed by atoms with Crippen LogP contribution >= 0.6 is 27.7 Å². The molecule has 116 valence electrons. The smallest absolute Gasteiger partial charge is 0.214 e. The predicted octanol–water partition coefficient (Wildman–Crippen LogP) is 2.08. The van der Waals surface area contributed by atoms with Crippen molar-refractivity contribution in [2.75, 3.05) is 0 Å². The van der Waals surface area contributed by atoms with Crippen molar-refractivity contribution in [3.05, 3.63) is 64.1 Å². The molecule has 0 saturated heterocycles. The van der Waals surface area contributed by atoms with Gasteiger partial charge in [-0.2, -0.15) is 4.68 Å². The van der Waals surface area contributed by atoms with Crippen molar-refractivity contribution < 1.29 is 9.90 Å². The fourth-order valence-electron chi connectivity index (χ4n) is 1.94. The summed E-state index contributed by atoms with van der Waals surface area (Å²) in [6.07, 6.45) is 0. The molecule has 0 saturated carbocycles. The highest BCUT2D eigenvalue weighted by molar-refractivity contribution is 9.10.